The smallest absolute Gasteiger partial charge is 0.0711 e. The fourth-order valence-electron chi connectivity index (χ4n) is 1.74. The van der Waals surface area contributed by atoms with E-state index < -0.39 is 0 Å². The van der Waals surface area contributed by atoms with Crippen LogP contribution in [0.5, 0.6) is 0 Å². The fraction of sp³-hybridized carbons (Fsp3) is 0.250. The van der Waals surface area contributed by atoms with Gasteiger partial charge in [-0.05, 0) is 37.1 Å². The van der Waals surface area contributed by atoms with Gasteiger partial charge in [-0.3, -0.25) is 4.98 Å². The van der Waals surface area contributed by atoms with Crippen molar-refractivity contribution in [3.05, 3.63) is 41.1 Å². The van der Waals surface area contributed by atoms with Crippen molar-refractivity contribution in [1.29, 1.82) is 0 Å². The molecule has 0 aliphatic carbocycles. The van der Waals surface area contributed by atoms with Crippen molar-refractivity contribution in [3.63, 3.8) is 0 Å². The topological polar surface area (TPSA) is 38.9 Å². The van der Waals surface area contributed by atoms with Gasteiger partial charge in [0.15, 0.2) is 0 Å². The van der Waals surface area contributed by atoms with Crippen molar-refractivity contribution in [1.82, 2.24) is 4.98 Å². The van der Waals surface area contributed by atoms with E-state index >= 15 is 0 Å². The van der Waals surface area contributed by atoms with E-state index in [1.165, 1.54) is 10.9 Å². The second-order valence-corrected chi connectivity index (χ2v) is 3.64. The SMILES string of the molecule is Cc1cc(C)c2ccc(CN)cc2n1. The van der Waals surface area contributed by atoms with Crippen molar-refractivity contribution < 1.29 is 0 Å². The summed E-state index contributed by atoms with van der Waals surface area (Å²) in [7, 11) is 0. The maximum Gasteiger partial charge on any atom is 0.0711 e. The Labute approximate surface area is 83.8 Å². The summed E-state index contributed by atoms with van der Waals surface area (Å²) >= 11 is 0. The van der Waals surface area contributed by atoms with Gasteiger partial charge in [-0.1, -0.05) is 12.1 Å². The maximum absolute atomic E-state index is 5.59. The molecular weight excluding hydrogens is 172 g/mol. The number of nitrogens with two attached hydrogens (primary N) is 1. The van der Waals surface area contributed by atoms with Crippen LogP contribution >= 0.6 is 0 Å². The highest BCUT2D eigenvalue weighted by atomic mass is 14.7. The Morgan fingerprint density at radius 2 is 2.00 bits per heavy atom. The van der Waals surface area contributed by atoms with Gasteiger partial charge in [0, 0.05) is 17.6 Å². The number of aromatic nitrogens is 1. The van der Waals surface area contributed by atoms with Crippen LogP contribution in [0.4, 0.5) is 0 Å². The van der Waals surface area contributed by atoms with Gasteiger partial charge < -0.3 is 5.73 Å². The number of fused-ring (bicyclic) bond motifs is 1. The molecule has 0 unspecified atom stereocenters. The summed E-state index contributed by atoms with van der Waals surface area (Å²) in [6.07, 6.45) is 0. The molecule has 14 heavy (non-hydrogen) atoms. The molecule has 0 spiro atoms. The first-order valence-electron chi connectivity index (χ1n) is 4.77. The van der Waals surface area contributed by atoms with Gasteiger partial charge in [-0.15, -0.1) is 0 Å². The summed E-state index contributed by atoms with van der Waals surface area (Å²) in [5.41, 5.74) is 10.1. The van der Waals surface area contributed by atoms with Crippen molar-refractivity contribution in [2.24, 2.45) is 5.73 Å². The van der Waals surface area contributed by atoms with Crippen molar-refractivity contribution in [2.75, 3.05) is 0 Å². The molecule has 0 saturated carbocycles. The van der Waals surface area contributed by atoms with Crippen molar-refractivity contribution >= 4 is 10.9 Å². The van der Waals surface area contributed by atoms with E-state index in [0.29, 0.717) is 6.54 Å². The molecule has 72 valence electrons. The Kier molecular flexibility index (Phi) is 2.22. The van der Waals surface area contributed by atoms with Gasteiger partial charge in [-0.2, -0.15) is 0 Å². The lowest BCUT2D eigenvalue weighted by Gasteiger charge is -2.05. The molecule has 0 bridgehead atoms. The minimum absolute atomic E-state index is 0.574. The first-order chi connectivity index (χ1) is 6.70. The zero-order valence-corrected chi connectivity index (χ0v) is 8.54. The Bertz CT molecular complexity index is 475. The fourth-order valence-corrected chi connectivity index (χ4v) is 1.74. The first-order valence-corrected chi connectivity index (χ1v) is 4.77. The second kappa shape index (κ2) is 3.39. The molecule has 0 radical (unpaired) electrons. The van der Waals surface area contributed by atoms with Crippen LogP contribution in [0.15, 0.2) is 24.3 Å². The normalized spacial score (nSPS) is 10.8. The van der Waals surface area contributed by atoms with Crippen LogP contribution in [-0.4, -0.2) is 4.98 Å². The van der Waals surface area contributed by atoms with E-state index in [0.717, 1.165) is 16.8 Å². The molecule has 2 rings (SSSR count). The lowest BCUT2D eigenvalue weighted by atomic mass is 10.1. The number of hydrogen-bond acceptors (Lipinski definition) is 2. The van der Waals surface area contributed by atoms with Gasteiger partial charge in [-0.25, -0.2) is 0 Å². The molecule has 0 amide bonds. The maximum atomic E-state index is 5.59. The predicted molar refractivity (Wildman–Crippen MR) is 59.1 cm³/mol. The highest BCUT2D eigenvalue weighted by Gasteiger charge is 2.00. The molecule has 0 saturated heterocycles. The Morgan fingerprint density at radius 1 is 1.21 bits per heavy atom. The molecule has 1 heterocycles. The molecule has 0 aliphatic heterocycles. The monoisotopic (exact) mass is 186 g/mol. The van der Waals surface area contributed by atoms with Gasteiger partial charge in [0.05, 0.1) is 5.52 Å². The van der Waals surface area contributed by atoms with Crippen molar-refractivity contribution in [3.8, 4) is 0 Å². The lowest BCUT2D eigenvalue weighted by Crippen LogP contribution is -1.96. The zero-order chi connectivity index (χ0) is 10.1. The summed E-state index contributed by atoms with van der Waals surface area (Å²) in [5, 5.41) is 1.22. The highest BCUT2D eigenvalue weighted by Crippen LogP contribution is 2.18. The molecule has 1 aromatic heterocycles. The van der Waals surface area contributed by atoms with E-state index in [4.69, 9.17) is 5.73 Å². The number of rotatable bonds is 1. The Hall–Kier alpha value is -1.41. The lowest BCUT2D eigenvalue weighted by molar-refractivity contribution is 1.07. The van der Waals surface area contributed by atoms with Crippen LogP contribution in [0.3, 0.4) is 0 Å². The second-order valence-electron chi connectivity index (χ2n) is 3.64. The summed E-state index contributed by atoms with van der Waals surface area (Å²) in [6, 6.07) is 8.32. The molecule has 1 aromatic carbocycles. The summed E-state index contributed by atoms with van der Waals surface area (Å²) < 4.78 is 0. The number of nitrogens with zero attached hydrogens (tertiary/aromatic N) is 1. The number of hydrogen-bond donors (Lipinski definition) is 1. The average molecular weight is 186 g/mol. The number of pyridine rings is 1. The minimum Gasteiger partial charge on any atom is -0.326 e. The zero-order valence-electron chi connectivity index (χ0n) is 8.54. The van der Waals surface area contributed by atoms with Gasteiger partial charge in [0.1, 0.15) is 0 Å². The molecule has 0 aliphatic rings. The third kappa shape index (κ3) is 1.49. The highest BCUT2D eigenvalue weighted by molar-refractivity contribution is 5.82. The average Bonchev–Trinajstić information content (AvgIpc) is 2.16. The molecule has 2 aromatic rings. The van der Waals surface area contributed by atoms with Crippen LogP contribution in [0.2, 0.25) is 0 Å². The van der Waals surface area contributed by atoms with E-state index in [-0.39, 0.29) is 0 Å². The van der Waals surface area contributed by atoms with E-state index in [1.807, 2.05) is 6.92 Å². The van der Waals surface area contributed by atoms with Gasteiger partial charge in [0.2, 0.25) is 0 Å². The molecule has 0 fully saturated rings. The number of benzene rings is 1. The Morgan fingerprint density at radius 3 is 2.71 bits per heavy atom. The van der Waals surface area contributed by atoms with Gasteiger partial charge in [0.25, 0.3) is 0 Å². The van der Waals surface area contributed by atoms with Gasteiger partial charge >= 0.3 is 0 Å². The molecular formula is C12H14N2. The van der Waals surface area contributed by atoms with Crippen LogP contribution in [0.1, 0.15) is 16.8 Å². The van der Waals surface area contributed by atoms with Crippen LogP contribution in [0.25, 0.3) is 10.9 Å². The molecule has 0 atom stereocenters. The molecule has 2 heteroatoms. The summed E-state index contributed by atoms with van der Waals surface area (Å²) in [5.74, 6) is 0. The predicted octanol–water partition coefficient (Wildman–Crippen LogP) is 2.31. The van der Waals surface area contributed by atoms with E-state index in [2.05, 4.69) is 36.2 Å². The molecule has 2 nitrogen and oxygen atoms in total. The largest absolute Gasteiger partial charge is 0.326 e. The quantitative estimate of drug-likeness (QED) is 0.742. The van der Waals surface area contributed by atoms with E-state index in [1.54, 1.807) is 0 Å². The van der Waals surface area contributed by atoms with Crippen LogP contribution < -0.4 is 5.73 Å². The van der Waals surface area contributed by atoms with Crippen LogP contribution in [0, 0.1) is 13.8 Å². The standard InChI is InChI=1S/C12H14N2/c1-8-5-9(2)14-12-6-10(7-13)3-4-11(8)12/h3-6H,7,13H2,1-2H3. The minimum atomic E-state index is 0.574. The Balaban J connectivity index is 2.75. The third-order valence-electron chi connectivity index (χ3n) is 2.44. The van der Waals surface area contributed by atoms with Crippen LogP contribution in [-0.2, 0) is 6.54 Å². The van der Waals surface area contributed by atoms with E-state index in [9.17, 15) is 0 Å². The summed E-state index contributed by atoms with van der Waals surface area (Å²) in [4.78, 5) is 4.49. The first kappa shape index (κ1) is 9.16. The number of aryl methyl sites for hydroxylation is 2. The van der Waals surface area contributed by atoms with Crippen molar-refractivity contribution in [2.45, 2.75) is 20.4 Å². The summed E-state index contributed by atoms with van der Waals surface area (Å²) in [6.45, 7) is 4.70. The molecule has 2 N–H and O–H groups in total. The third-order valence-corrected chi connectivity index (χ3v) is 2.44.